The number of carbonyl (C=O) groups excluding carboxylic acids is 1. The minimum Gasteiger partial charge on any atom is -0.348 e. The van der Waals surface area contributed by atoms with E-state index in [1.807, 2.05) is 37.3 Å². The number of aromatic nitrogens is 1. The summed E-state index contributed by atoms with van der Waals surface area (Å²) in [7, 11) is 0. The summed E-state index contributed by atoms with van der Waals surface area (Å²) < 4.78 is 0. The summed E-state index contributed by atoms with van der Waals surface area (Å²) in [5.41, 5.74) is 1.80. The molecule has 2 rings (SSSR count). The van der Waals surface area contributed by atoms with Gasteiger partial charge in [0.2, 0.25) is 0 Å². The lowest BCUT2D eigenvalue weighted by Crippen LogP contribution is -2.22. The highest BCUT2D eigenvalue weighted by Crippen LogP contribution is 2.27. The zero-order valence-electron chi connectivity index (χ0n) is 10.1. The number of carbonyl (C=O) groups is 1. The van der Waals surface area contributed by atoms with E-state index in [2.05, 4.69) is 16.9 Å². The molecule has 3 nitrogen and oxygen atoms in total. The van der Waals surface area contributed by atoms with Crippen molar-refractivity contribution in [1.29, 1.82) is 0 Å². The van der Waals surface area contributed by atoms with Crippen LogP contribution in [0.5, 0.6) is 0 Å². The molecule has 0 aliphatic rings. The topological polar surface area (TPSA) is 42.0 Å². The molecule has 4 heteroatoms. The number of nitrogens with zero attached hydrogens (tertiary/aromatic N) is 1. The van der Waals surface area contributed by atoms with Crippen molar-refractivity contribution in [3.63, 3.8) is 0 Å². The second kappa shape index (κ2) is 5.60. The lowest BCUT2D eigenvalue weighted by atomic mass is 10.2. The van der Waals surface area contributed by atoms with Crippen LogP contribution in [0.1, 0.15) is 15.4 Å². The minimum absolute atomic E-state index is 0.0907. The van der Waals surface area contributed by atoms with Gasteiger partial charge in [0.15, 0.2) is 0 Å². The van der Waals surface area contributed by atoms with Crippen LogP contribution in [0.4, 0.5) is 0 Å². The Bertz CT molecular complexity index is 560. The Kier molecular flexibility index (Phi) is 3.89. The van der Waals surface area contributed by atoms with Crippen LogP contribution >= 0.6 is 11.3 Å². The summed E-state index contributed by atoms with van der Waals surface area (Å²) in [6, 6.07) is 9.86. The van der Waals surface area contributed by atoms with E-state index in [4.69, 9.17) is 0 Å². The van der Waals surface area contributed by atoms with Gasteiger partial charge in [-0.1, -0.05) is 36.4 Å². The number of hydrogen-bond acceptors (Lipinski definition) is 3. The van der Waals surface area contributed by atoms with E-state index in [1.54, 1.807) is 6.08 Å². The van der Waals surface area contributed by atoms with Gasteiger partial charge in [0.05, 0.1) is 5.69 Å². The molecule has 0 saturated carbocycles. The molecule has 0 aliphatic carbocycles. The van der Waals surface area contributed by atoms with E-state index in [1.165, 1.54) is 11.3 Å². The number of hydrogen-bond donors (Lipinski definition) is 1. The molecule has 0 radical (unpaired) electrons. The van der Waals surface area contributed by atoms with Crippen LogP contribution in [0.25, 0.3) is 10.6 Å². The maximum absolute atomic E-state index is 11.9. The lowest BCUT2D eigenvalue weighted by molar-refractivity contribution is 0.0961. The number of aryl methyl sites for hydroxylation is 1. The number of amides is 1. The van der Waals surface area contributed by atoms with Crippen LogP contribution in [-0.2, 0) is 0 Å². The van der Waals surface area contributed by atoms with Gasteiger partial charge < -0.3 is 5.32 Å². The van der Waals surface area contributed by atoms with E-state index in [-0.39, 0.29) is 5.91 Å². The third-order valence-corrected chi connectivity index (χ3v) is 3.64. The smallest absolute Gasteiger partial charge is 0.263 e. The fraction of sp³-hybridized carbons (Fsp3) is 0.143. The van der Waals surface area contributed by atoms with Gasteiger partial charge in [0, 0.05) is 12.1 Å². The Morgan fingerprint density at radius 2 is 2.17 bits per heavy atom. The standard InChI is InChI=1S/C14H14N2OS/c1-3-9-15-13(17)12-10(2)16-14(18-12)11-7-5-4-6-8-11/h3-8H,1,9H2,2H3,(H,15,17). The van der Waals surface area contributed by atoms with E-state index in [0.29, 0.717) is 11.4 Å². The first-order valence-electron chi connectivity index (χ1n) is 5.64. The van der Waals surface area contributed by atoms with Gasteiger partial charge in [-0.25, -0.2) is 4.98 Å². The van der Waals surface area contributed by atoms with Gasteiger partial charge in [-0.3, -0.25) is 4.79 Å². The normalized spacial score (nSPS) is 10.1. The monoisotopic (exact) mass is 258 g/mol. The molecular weight excluding hydrogens is 244 g/mol. The van der Waals surface area contributed by atoms with E-state index in [0.717, 1.165) is 16.3 Å². The molecule has 1 heterocycles. The maximum Gasteiger partial charge on any atom is 0.263 e. The third kappa shape index (κ3) is 2.65. The molecule has 2 aromatic rings. The van der Waals surface area contributed by atoms with Crippen molar-refractivity contribution in [3.05, 3.63) is 53.6 Å². The fourth-order valence-corrected chi connectivity index (χ4v) is 2.54. The highest BCUT2D eigenvalue weighted by atomic mass is 32.1. The van der Waals surface area contributed by atoms with Gasteiger partial charge >= 0.3 is 0 Å². The molecule has 0 fully saturated rings. The highest BCUT2D eigenvalue weighted by Gasteiger charge is 2.15. The first-order valence-corrected chi connectivity index (χ1v) is 6.46. The lowest BCUT2D eigenvalue weighted by Gasteiger charge is -1.98. The average Bonchev–Trinajstić information content (AvgIpc) is 2.79. The van der Waals surface area contributed by atoms with Crippen LogP contribution < -0.4 is 5.32 Å². The Balaban J connectivity index is 2.27. The van der Waals surface area contributed by atoms with E-state index in [9.17, 15) is 4.79 Å². The number of nitrogens with one attached hydrogen (secondary N) is 1. The number of benzene rings is 1. The summed E-state index contributed by atoms with van der Waals surface area (Å²) >= 11 is 1.41. The summed E-state index contributed by atoms with van der Waals surface area (Å²) in [5.74, 6) is -0.0907. The molecule has 0 spiro atoms. The van der Waals surface area contributed by atoms with E-state index < -0.39 is 0 Å². The van der Waals surface area contributed by atoms with Crippen molar-refractivity contribution < 1.29 is 4.79 Å². The third-order valence-electron chi connectivity index (χ3n) is 2.43. The zero-order chi connectivity index (χ0) is 13.0. The summed E-state index contributed by atoms with van der Waals surface area (Å²) in [4.78, 5) is 17.0. The summed E-state index contributed by atoms with van der Waals surface area (Å²) in [5, 5.41) is 3.64. The molecule has 0 unspecified atom stereocenters. The average molecular weight is 258 g/mol. The van der Waals surface area contributed by atoms with Crippen LogP contribution in [0, 0.1) is 6.92 Å². The quantitative estimate of drug-likeness (QED) is 0.856. The molecule has 1 aromatic carbocycles. The molecule has 1 N–H and O–H groups in total. The van der Waals surface area contributed by atoms with Crippen LogP contribution in [-0.4, -0.2) is 17.4 Å². The number of rotatable bonds is 4. The Morgan fingerprint density at radius 1 is 1.44 bits per heavy atom. The molecule has 18 heavy (non-hydrogen) atoms. The van der Waals surface area contributed by atoms with Gasteiger partial charge in [-0.15, -0.1) is 17.9 Å². The molecule has 0 atom stereocenters. The molecular formula is C14H14N2OS. The van der Waals surface area contributed by atoms with Gasteiger partial charge in [-0.05, 0) is 6.92 Å². The van der Waals surface area contributed by atoms with Crippen LogP contribution in [0.15, 0.2) is 43.0 Å². The maximum atomic E-state index is 11.9. The molecule has 1 aromatic heterocycles. The van der Waals surface area contributed by atoms with Crippen LogP contribution in [0.3, 0.4) is 0 Å². The molecule has 0 saturated heterocycles. The number of thiazole rings is 1. The highest BCUT2D eigenvalue weighted by molar-refractivity contribution is 7.17. The van der Waals surface area contributed by atoms with Crippen molar-refractivity contribution in [1.82, 2.24) is 10.3 Å². The fourth-order valence-electron chi connectivity index (χ4n) is 1.56. The Hall–Kier alpha value is -1.94. The molecule has 0 bridgehead atoms. The second-order valence-electron chi connectivity index (χ2n) is 3.80. The summed E-state index contributed by atoms with van der Waals surface area (Å²) in [6.45, 7) is 5.90. The van der Waals surface area contributed by atoms with Gasteiger partial charge in [0.25, 0.3) is 5.91 Å². The van der Waals surface area contributed by atoms with Crippen LogP contribution in [0.2, 0.25) is 0 Å². The largest absolute Gasteiger partial charge is 0.348 e. The molecule has 0 aliphatic heterocycles. The van der Waals surface area contributed by atoms with Gasteiger partial charge in [0.1, 0.15) is 9.88 Å². The Morgan fingerprint density at radius 3 is 2.83 bits per heavy atom. The first kappa shape index (κ1) is 12.5. The minimum atomic E-state index is -0.0907. The molecule has 1 amide bonds. The zero-order valence-corrected chi connectivity index (χ0v) is 11.0. The predicted molar refractivity (Wildman–Crippen MR) is 74.8 cm³/mol. The Labute approximate surface area is 110 Å². The molecule has 92 valence electrons. The summed E-state index contributed by atoms with van der Waals surface area (Å²) in [6.07, 6.45) is 1.66. The second-order valence-corrected chi connectivity index (χ2v) is 4.80. The van der Waals surface area contributed by atoms with Crippen molar-refractivity contribution >= 4 is 17.2 Å². The van der Waals surface area contributed by atoms with Crippen molar-refractivity contribution in [2.45, 2.75) is 6.92 Å². The predicted octanol–water partition coefficient (Wildman–Crippen LogP) is 3.03. The first-order chi connectivity index (χ1) is 8.72. The van der Waals surface area contributed by atoms with Gasteiger partial charge in [-0.2, -0.15) is 0 Å². The van der Waals surface area contributed by atoms with E-state index >= 15 is 0 Å². The van der Waals surface area contributed by atoms with Crippen molar-refractivity contribution in [2.75, 3.05) is 6.54 Å². The van der Waals surface area contributed by atoms with Crippen molar-refractivity contribution in [2.24, 2.45) is 0 Å². The SMILES string of the molecule is C=CCNC(=O)c1sc(-c2ccccc2)nc1C. The van der Waals surface area contributed by atoms with Crippen molar-refractivity contribution in [3.8, 4) is 10.6 Å².